The molecule has 0 radical (unpaired) electrons. The summed E-state index contributed by atoms with van der Waals surface area (Å²) in [6, 6.07) is 5.37. The maximum Gasteiger partial charge on any atom is 0.471 e. The summed E-state index contributed by atoms with van der Waals surface area (Å²) < 4.78 is 52.0. The van der Waals surface area contributed by atoms with E-state index in [1.807, 2.05) is 13.8 Å². The molecule has 11 nitrogen and oxygen atoms in total. The molecular weight excluding hydrogens is 569 g/mol. The average molecular weight is 607 g/mol. The van der Waals surface area contributed by atoms with Gasteiger partial charge >= 0.3 is 24.1 Å². The molecule has 1 atom stereocenters. The first-order chi connectivity index (χ1) is 20.2. The van der Waals surface area contributed by atoms with Gasteiger partial charge in [-0.2, -0.15) is 18.2 Å². The number of alkyl halides is 3. The maximum atomic E-state index is 13.6. The lowest BCUT2D eigenvalue weighted by Crippen LogP contribution is -2.50. The first kappa shape index (κ1) is 31.8. The number of nitrogens with zero attached hydrogens (tertiary/aromatic N) is 6. The summed E-state index contributed by atoms with van der Waals surface area (Å²) in [7, 11) is 0. The third kappa shape index (κ3) is 7.46. The second kappa shape index (κ2) is 12.6. The van der Waals surface area contributed by atoms with Crippen molar-refractivity contribution in [3.05, 3.63) is 36.0 Å². The van der Waals surface area contributed by atoms with Crippen molar-refractivity contribution < 1.29 is 37.0 Å². The van der Waals surface area contributed by atoms with E-state index in [9.17, 15) is 27.6 Å². The highest BCUT2D eigenvalue weighted by Gasteiger charge is 2.49. The second-order valence-electron chi connectivity index (χ2n) is 11.4. The average Bonchev–Trinajstić information content (AvgIpc) is 3.60. The number of esters is 1. The lowest BCUT2D eigenvalue weighted by molar-refractivity contribution is -0.170. The summed E-state index contributed by atoms with van der Waals surface area (Å²) in [6.07, 6.45) is -2.57. The lowest BCUT2D eigenvalue weighted by atomic mass is 10.0. The van der Waals surface area contributed by atoms with E-state index in [-0.39, 0.29) is 23.9 Å². The normalized spacial score (nSPS) is 15.8. The van der Waals surface area contributed by atoms with Gasteiger partial charge in [0.05, 0.1) is 6.20 Å². The Hall–Kier alpha value is -4.10. The number of carbonyl (C=O) groups is 3. The molecule has 0 N–H and O–H groups in total. The minimum atomic E-state index is -5.16. The minimum Gasteiger partial charge on any atom is -0.458 e. The zero-order valence-corrected chi connectivity index (χ0v) is 25.0. The van der Waals surface area contributed by atoms with Crippen LogP contribution in [-0.4, -0.2) is 83.5 Å². The smallest absolute Gasteiger partial charge is 0.458 e. The molecule has 2 aromatic rings. The number of aromatic nitrogens is 2. The van der Waals surface area contributed by atoms with E-state index in [0.717, 1.165) is 12.8 Å². The number of carbonyl (C=O) groups excluding carboxylic acids is 3. The fourth-order valence-corrected chi connectivity index (χ4v) is 4.96. The van der Waals surface area contributed by atoms with Gasteiger partial charge in [0.2, 0.25) is 5.95 Å². The van der Waals surface area contributed by atoms with E-state index in [4.69, 9.17) is 9.47 Å². The molecular formula is C29H37F3N6O5. The van der Waals surface area contributed by atoms with Crippen LogP contribution in [-0.2, 0) is 20.7 Å². The Morgan fingerprint density at radius 1 is 1.02 bits per heavy atom. The standard InChI is InChI=1S/C29H37F3N6O5/c1-6-35(7-2)26-33-17-22-23(34-26)37(18-38(22)25(40)29(30,31)32)21(24(39)43-28(3,4)5)16-19-10-12-20(13-11-19)42-27(41)36-14-8-9-15-36/h10-13,17,21H,6-9,14-16,18H2,1-5H3/t21-/m0/s1. The van der Waals surface area contributed by atoms with Crippen LogP contribution in [0.25, 0.3) is 0 Å². The molecule has 2 aliphatic rings. The molecule has 3 heterocycles. The predicted octanol–water partition coefficient (Wildman–Crippen LogP) is 4.54. The molecule has 1 saturated heterocycles. The number of halogens is 3. The van der Waals surface area contributed by atoms with Crippen molar-refractivity contribution >= 4 is 35.4 Å². The Kier molecular flexibility index (Phi) is 9.35. The zero-order chi connectivity index (χ0) is 31.5. The molecule has 14 heteroatoms. The Morgan fingerprint density at radius 2 is 1.65 bits per heavy atom. The van der Waals surface area contributed by atoms with Gasteiger partial charge in [0.15, 0.2) is 5.82 Å². The summed E-state index contributed by atoms with van der Waals surface area (Å²) in [4.78, 5) is 52.5. The van der Waals surface area contributed by atoms with E-state index in [2.05, 4.69) is 9.97 Å². The van der Waals surface area contributed by atoms with Gasteiger partial charge in [0, 0.05) is 32.6 Å². The monoisotopic (exact) mass is 606 g/mol. The van der Waals surface area contributed by atoms with E-state index in [0.29, 0.717) is 42.4 Å². The van der Waals surface area contributed by atoms with Gasteiger partial charge in [-0.25, -0.2) is 14.6 Å². The Balaban J connectivity index is 1.68. The predicted molar refractivity (Wildman–Crippen MR) is 153 cm³/mol. The number of hydrogen-bond donors (Lipinski definition) is 0. The lowest BCUT2D eigenvalue weighted by Gasteiger charge is -2.31. The zero-order valence-electron chi connectivity index (χ0n) is 25.0. The SMILES string of the molecule is CCN(CC)c1ncc2c(n1)N([C@@H](Cc1ccc(OC(=O)N3CCCC3)cc1)C(=O)OC(C)(C)C)CN2C(=O)C(F)(F)F. The van der Waals surface area contributed by atoms with Gasteiger partial charge in [-0.1, -0.05) is 12.1 Å². The maximum absolute atomic E-state index is 13.6. The molecule has 0 aliphatic carbocycles. The third-order valence-corrected chi connectivity index (χ3v) is 7.10. The first-order valence-corrected chi connectivity index (χ1v) is 14.3. The number of rotatable bonds is 8. The van der Waals surface area contributed by atoms with Crippen LogP contribution in [0.3, 0.4) is 0 Å². The van der Waals surface area contributed by atoms with Crippen molar-refractivity contribution in [3.8, 4) is 5.75 Å². The molecule has 4 rings (SSSR count). The molecule has 1 aromatic carbocycles. The van der Waals surface area contributed by atoms with Gasteiger partial charge < -0.3 is 24.2 Å². The van der Waals surface area contributed by atoms with Crippen LogP contribution in [0, 0.1) is 0 Å². The summed E-state index contributed by atoms with van der Waals surface area (Å²) in [5.74, 6) is -2.21. The number of amides is 2. The fourth-order valence-electron chi connectivity index (χ4n) is 4.96. The summed E-state index contributed by atoms with van der Waals surface area (Å²) in [6.45, 7) is 10.6. The van der Waals surface area contributed by atoms with Crippen LogP contribution in [0.5, 0.6) is 5.75 Å². The van der Waals surface area contributed by atoms with Crippen LogP contribution in [0.1, 0.15) is 53.0 Å². The van der Waals surface area contributed by atoms with Crippen LogP contribution in [0.15, 0.2) is 30.5 Å². The van der Waals surface area contributed by atoms with Crippen molar-refractivity contribution in [2.45, 2.75) is 71.7 Å². The summed E-state index contributed by atoms with van der Waals surface area (Å²) in [5, 5.41) is 0. The number of anilines is 3. The topological polar surface area (TPSA) is 108 Å². The fraction of sp³-hybridized carbons (Fsp3) is 0.552. The molecule has 0 bridgehead atoms. The van der Waals surface area contributed by atoms with Gasteiger partial charge in [-0.3, -0.25) is 9.69 Å². The van der Waals surface area contributed by atoms with Crippen molar-refractivity contribution in [3.63, 3.8) is 0 Å². The van der Waals surface area contributed by atoms with Crippen molar-refractivity contribution in [2.75, 3.05) is 47.5 Å². The minimum absolute atomic E-state index is 0.00730. The Labute approximate surface area is 248 Å². The Morgan fingerprint density at radius 3 is 2.21 bits per heavy atom. The molecule has 2 amide bonds. The van der Waals surface area contributed by atoms with E-state index in [1.54, 1.807) is 54.8 Å². The van der Waals surface area contributed by atoms with Crippen molar-refractivity contribution in [1.82, 2.24) is 14.9 Å². The Bertz CT molecular complexity index is 1320. The van der Waals surface area contributed by atoms with Crippen LogP contribution in [0.2, 0.25) is 0 Å². The van der Waals surface area contributed by atoms with Gasteiger partial charge in [0.1, 0.15) is 29.7 Å². The molecule has 234 valence electrons. The number of likely N-dealkylation sites (tertiary alicyclic amines) is 1. The van der Waals surface area contributed by atoms with E-state index >= 15 is 0 Å². The van der Waals surface area contributed by atoms with Crippen LogP contribution >= 0.6 is 0 Å². The molecule has 1 fully saturated rings. The largest absolute Gasteiger partial charge is 0.471 e. The highest BCUT2D eigenvalue weighted by Crippen LogP contribution is 2.39. The molecule has 0 spiro atoms. The molecule has 1 aromatic heterocycles. The van der Waals surface area contributed by atoms with Crippen molar-refractivity contribution in [2.24, 2.45) is 0 Å². The number of ether oxygens (including phenoxy) is 2. The van der Waals surface area contributed by atoms with Gasteiger partial charge in [-0.05, 0) is 65.2 Å². The number of benzene rings is 1. The molecule has 2 aliphatic heterocycles. The highest BCUT2D eigenvalue weighted by molar-refractivity contribution is 6.02. The van der Waals surface area contributed by atoms with Crippen LogP contribution < -0.4 is 19.4 Å². The quantitative estimate of drug-likeness (QED) is 0.400. The molecule has 0 saturated carbocycles. The molecule has 0 unspecified atom stereocenters. The van der Waals surface area contributed by atoms with Gasteiger partial charge in [-0.15, -0.1) is 0 Å². The van der Waals surface area contributed by atoms with Crippen molar-refractivity contribution in [1.29, 1.82) is 0 Å². The summed E-state index contributed by atoms with van der Waals surface area (Å²) >= 11 is 0. The summed E-state index contributed by atoms with van der Waals surface area (Å²) in [5.41, 5.74) is -0.432. The second-order valence-corrected chi connectivity index (χ2v) is 11.4. The van der Waals surface area contributed by atoms with Crippen LogP contribution in [0.4, 0.5) is 35.4 Å². The number of hydrogen-bond acceptors (Lipinski definition) is 9. The van der Waals surface area contributed by atoms with E-state index < -0.39 is 42.5 Å². The molecule has 43 heavy (non-hydrogen) atoms. The third-order valence-electron chi connectivity index (χ3n) is 7.10. The van der Waals surface area contributed by atoms with Gasteiger partial charge in [0.25, 0.3) is 0 Å². The number of fused-ring (bicyclic) bond motifs is 1. The first-order valence-electron chi connectivity index (χ1n) is 14.3. The van der Waals surface area contributed by atoms with E-state index in [1.165, 1.54) is 11.1 Å². The highest BCUT2D eigenvalue weighted by atomic mass is 19.4.